The van der Waals surface area contributed by atoms with Gasteiger partial charge in [-0.05, 0) is 91.7 Å². The van der Waals surface area contributed by atoms with Crippen molar-refractivity contribution < 1.29 is 27.5 Å². The van der Waals surface area contributed by atoms with E-state index < -0.39 is 18.3 Å². The van der Waals surface area contributed by atoms with Crippen LogP contribution in [0.4, 0.5) is 5.69 Å². The van der Waals surface area contributed by atoms with Gasteiger partial charge in [0.1, 0.15) is 12.4 Å². The predicted octanol–water partition coefficient (Wildman–Crippen LogP) is 6.49. The topological polar surface area (TPSA) is 114 Å². The summed E-state index contributed by atoms with van der Waals surface area (Å²) < 4.78 is 38.3. The van der Waals surface area contributed by atoms with E-state index in [0.717, 1.165) is 22.9 Å². The number of anilines is 1. The molecular formula is C34H48N2O6SSi. The fourth-order valence-corrected chi connectivity index (χ4v) is 6.32. The molecule has 0 heterocycles. The number of carbonyl (C=O) groups is 1. The first kappa shape index (κ1) is 35.3. The summed E-state index contributed by atoms with van der Waals surface area (Å²) in [5.74, 6) is 0.0231. The second-order valence-corrected chi connectivity index (χ2v) is 19.6. The van der Waals surface area contributed by atoms with Crippen LogP contribution in [0, 0.1) is 0 Å². The fraction of sp³-hybridized carbons (Fsp3) is 0.441. The van der Waals surface area contributed by atoms with Gasteiger partial charge in [0, 0.05) is 12.1 Å². The van der Waals surface area contributed by atoms with Crippen molar-refractivity contribution in [3.8, 4) is 5.75 Å². The number of carbonyl (C=O) groups excluding carboxylic acids is 1. The molecular weight excluding hydrogens is 593 g/mol. The Balaban J connectivity index is 1.92. The lowest BCUT2D eigenvalue weighted by molar-refractivity contribution is 0.0600. The van der Waals surface area contributed by atoms with Crippen LogP contribution in [0.2, 0.25) is 18.1 Å². The van der Waals surface area contributed by atoms with E-state index in [1.807, 2.05) is 79.8 Å². The average Bonchev–Trinajstić information content (AvgIpc) is 2.93. The maximum atomic E-state index is 12.3. The number of nitrogens with one attached hydrogen (secondary N) is 2. The summed E-state index contributed by atoms with van der Waals surface area (Å²) in [7, 11) is -4.76. The molecule has 3 aromatic rings. The van der Waals surface area contributed by atoms with Crippen molar-refractivity contribution in [2.75, 3.05) is 24.6 Å². The van der Waals surface area contributed by atoms with Gasteiger partial charge in [-0.2, -0.15) is 0 Å². The zero-order valence-corrected chi connectivity index (χ0v) is 29.0. The molecule has 3 rings (SSSR count). The first-order chi connectivity index (χ1) is 20.4. The van der Waals surface area contributed by atoms with E-state index >= 15 is 0 Å². The van der Waals surface area contributed by atoms with Gasteiger partial charge in [0.25, 0.3) is 0 Å². The number of hydrogen-bond acceptors (Lipinski definition) is 7. The molecule has 0 aliphatic carbocycles. The molecule has 240 valence electrons. The summed E-state index contributed by atoms with van der Waals surface area (Å²) in [6.07, 6.45) is 2.48. The molecule has 0 radical (unpaired) electrons. The van der Waals surface area contributed by atoms with Crippen molar-refractivity contribution in [2.45, 2.75) is 76.7 Å². The van der Waals surface area contributed by atoms with E-state index in [9.17, 15) is 18.0 Å². The van der Waals surface area contributed by atoms with Gasteiger partial charge in [-0.15, -0.1) is 0 Å². The van der Waals surface area contributed by atoms with Crippen LogP contribution in [-0.4, -0.2) is 52.9 Å². The van der Waals surface area contributed by atoms with E-state index in [1.165, 1.54) is 7.11 Å². The SMILES string of the molecule is COC(=O)c1cccc(CC(C)(C)NC[C@H](CC(C)(C)[Si](C)(C)O)c2ccc(OCc3ccccc3)c(NS(C)(=O)=O)c2)c1. The van der Waals surface area contributed by atoms with Crippen molar-refractivity contribution in [3.05, 3.63) is 95.1 Å². The Hall–Kier alpha value is -3.18. The summed E-state index contributed by atoms with van der Waals surface area (Å²) in [6, 6.07) is 22.8. The molecule has 0 aromatic heterocycles. The average molecular weight is 641 g/mol. The normalized spacial score (nSPS) is 13.3. The van der Waals surface area contributed by atoms with Crippen LogP contribution in [-0.2, 0) is 27.8 Å². The van der Waals surface area contributed by atoms with Gasteiger partial charge in [0.2, 0.25) is 10.0 Å². The highest BCUT2D eigenvalue weighted by Crippen LogP contribution is 2.45. The van der Waals surface area contributed by atoms with Crippen LogP contribution < -0.4 is 14.8 Å². The van der Waals surface area contributed by atoms with E-state index in [0.29, 0.717) is 43.0 Å². The van der Waals surface area contributed by atoms with Crippen molar-refractivity contribution >= 4 is 30.0 Å². The third-order valence-corrected chi connectivity index (χ3v) is 12.3. The Morgan fingerprint density at radius 1 is 0.955 bits per heavy atom. The molecule has 0 fully saturated rings. The number of methoxy groups -OCH3 is 1. The highest BCUT2D eigenvalue weighted by molar-refractivity contribution is 7.92. The van der Waals surface area contributed by atoms with Gasteiger partial charge >= 0.3 is 5.97 Å². The highest BCUT2D eigenvalue weighted by atomic mass is 32.2. The van der Waals surface area contributed by atoms with E-state index in [2.05, 4.69) is 37.7 Å². The lowest BCUT2D eigenvalue weighted by Gasteiger charge is -2.39. The van der Waals surface area contributed by atoms with Gasteiger partial charge in [-0.1, -0.05) is 62.4 Å². The van der Waals surface area contributed by atoms with Crippen LogP contribution >= 0.6 is 0 Å². The standard InChI is InChI=1S/C34H48N2O6SSi/c1-33(2,21-26-15-12-16-28(19-26)32(37)41-5)35-23-29(22-34(3,4)44(7,8)40)27-17-18-31(30(20-27)36-43(6,38)39)42-24-25-13-10-9-11-14-25/h9-20,29,35-36,40H,21-24H2,1-8H3/t29-/m0/s1. The molecule has 0 saturated heterocycles. The Labute approximate surface area is 264 Å². The quantitative estimate of drug-likeness (QED) is 0.129. The van der Waals surface area contributed by atoms with Crippen molar-refractivity contribution in [2.24, 2.45) is 0 Å². The lowest BCUT2D eigenvalue weighted by atomic mass is 9.87. The Morgan fingerprint density at radius 2 is 1.61 bits per heavy atom. The molecule has 8 nitrogen and oxygen atoms in total. The molecule has 0 saturated carbocycles. The number of benzene rings is 3. The first-order valence-electron chi connectivity index (χ1n) is 14.8. The molecule has 3 N–H and O–H groups in total. The summed E-state index contributed by atoms with van der Waals surface area (Å²) in [4.78, 5) is 23.2. The van der Waals surface area contributed by atoms with Crippen LogP contribution in [0.1, 0.15) is 67.1 Å². The molecule has 1 atom stereocenters. The summed E-state index contributed by atoms with van der Waals surface area (Å²) in [5, 5.41) is 3.39. The van der Waals surface area contributed by atoms with Gasteiger partial charge in [-0.25, -0.2) is 13.2 Å². The monoisotopic (exact) mass is 640 g/mol. The molecule has 44 heavy (non-hydrogen) atoms. The highest BCUT2D eigenvalue weighted by Gasteiger charge is 2.40. The second-order valence-electron chi connectivity index (χ2n) is 13.4. The van der Waals surface area contributed by atoms with Gasteiger partial charge in [0.15, 0.2) is 8.32 Å². The van der Waals surface area contributed by atoms with Crippen molar-refractivity contribution in [1.29, 1.82) is 0 Å². The Morgan fingerprint density at radius 3 is 2.23 bits per heavy atom. The maximum Gasteiger partial charge on any atom is 0.337 e. The van der Waals surface area contributed by atoms with Crippen LogP contribution in [0.5, 0.6) is 5.75 Å². The van der Waals surface area contributed by atoms with Gasteiger partial charge in [0.05, 0.1) is 24.6 Å². The molecule has 0 aliphatic heterocycles. The molecule has 0 spiro atoms. The summed E-state index contributed by atoms with van der Waals surface area (Å²) in [5.41, 5.74) is 3.46. The minimum absolute atomic E-state index is 0.0483. The number of esters is 1. The zero-order chi connectivity index (χ0) is 32.8. The number of sulfonamides is 1. The molecule has 10 heteroatoms. The number of rotatable bonds is 15. The minimum atomic E-state index is -3.58. The number of hydrogen-bond donors (Lipinski definition) is 3. The van der Waals surface area contributed by atoms with Crippen molar-refractivity contribution in [1.82, 2.24) is 5.32 Å². The Kier molecular flexibility index (Phi) is 11.5. The molecule has 0 unspecified atom stereocenters. The second kappa shape index (κ2) is 14.3. The minimum Gasteiger partial charge on any atom is -0.487 e. The van der Waals surface area contributed by atoms with Gasteiger partial charge < -0.3 is 19.6 Å². The van der Waals surface area contributed by atoms with Crippen LogP contribution in [0.25, 0.3) is 0 Å². The largest absolute Gasteiger partial charge is 0.487 e. The molecule has 0 aliphatic rings. The number of ether oxygens (including phenoxy) is 2. The Bertz CT molecular complexity index is 1520. The van der Waals surface area contributed by atoms with E-state index in [4.69, 9.17) is 9.47 Å². The van der Waals surface area contributed by atoms with Gasteiger partial charge in [-0.3, -0.25) is 4.72 Å². The van der Waals surface area contributed by atoms with E-state index in [1.54, 1.807) is 6.07 Å². The third-order valence-electron chi connectivity index (χ3n) is 8.24. The lowest BCUT2D eigenvalue weighted by Crippen LogP contribution is -2.45. The molecule has 0 bridgehead atoms. The van der Waals surface area contributed by atoms with E-state index in [-0.39, 0.29) is 22.5 Å². The fourth-order valence-electron chi connectivity index (χ4n) is 5.01. The summed E-state index contributed by atoms with van der Waals surface area (Å²) >= 11 is 0. The third kappa shape index (κ3) is 10.5. The predicted molar refractivity (Wildman–Crippen MR) is 180 cm³/mol. The zero-order valence-electron chi connectivity index (χ0n) is 27.2. The first-order valence-corrected chi connectivity index (χ1v) is 19.7. The van der Waals surface area contributed by atoms with Crippen LogP contribution in [0.15, 0.2) is 72.8 Å². The van der Waals surface area contributed by atoms with Crippen molar-refractivity contribution in [3.63, 3.8) is 0 Å². The maximum absolute atomic E-state index is 12.3. The molecule has 0 amide bonds. The molecule has 3 aromatic carbocycles. The summed E-state index contributed by atoms with van der Waals surface area (Å²) in [6.45, 7) is 13.2. The van der Waals surface area contributed by atoms with Crippen LogP contribution in [0.3, 0.4) is 0 Å². The smallest absolute Gasteiger partial charge is 0.337 e.